The maximum atomic E-state index is 12.8. The Hall–Kier alpha value is -1.76. The second kappa shape index (κ2) is 7.23. The first-order valence-electron chi connectivity index (χ1n) is 8.79. The van der Waals surface area contributed by atoms with E-state index in [-0.39, 0.29) is 29.4 Å². The summed E-state index contributed by atoms with van der Waals surface area (Å²) in [5.74, 6) is 1.10. The van der Waals surface area contributed by atoms with Crippen LogP contribution in [0.25, 0.3) is 0 Å². The van der Waals surface area contributed by atoms with Crippen molar-refractivity contribution in [2.24, 2.45) is 5.92 Å². The summed E-state index contributed by atoms with van der Waals surface area (Å²) in [7, 11) is -1.28. The van der Waals surface area contributed by atoms with Gasteiger partial charge in [0.2, 0.25) is 5.91 Å². The Morgan fingerprint density at radius 3 is 2.32 bits per heavy atom. The predicted octanol–water partition coefficient (Wildman–Crippen LogP) is 1.56. The number of hydrogen-bond donors (Lipinski definition) is 0. The van der Waals surface area contributed by atoms with E-state index in [0.717, 1.165) is 24.5 Å². The maximum Gasteiger partial charge on any atom is 0.226 e. The van der Waals surface area contributed by atoms with Gasteiger partial charge in [-0.1, -0.05) is 0 Å². The van der Waals surface area contributed by atoms with Gasteiger partial charge in [-0.2, -0.15) is 0 Å². The van der Waals surface area contributed by atoms with Crippen molar-refractivity contribution in [3.8, 4) is 5.75 Å². The van der Waals surface area contributed by atoms with E-state index in [1.807, 2.05) is 29.2 Å². The Balaban J connectivity index is 1.60. The molecular weight excluding hydrogens is 340 g/mol. The van der Waals surface area contributed by atoms with Crippen molar-refractivity contribution in [2.45, 2.75) is 25.8 Å². The molecule has 7 heteroatoms. The van der Waals surface area contributed by atoms with Crippen molar-refractivity contribution in [1.82, 2.24) is 4.90 Å². The van der Waals surface area contributed by atoms with Crippen LogP contribution in [0.2, 0.25) is 0 Å². The Morgan fingerprint density at radius 1 is 1.12 bits per heavy atom. The van der Waals surface area contributed by atoms with Gasteiger partial charge in [0.15, 0.2) is 0 Å². The molecule has 1 unspecified atom stereocenters. The van der Waals surface area contributed by atoms with Crippen LogP contribution in [0.15, 0.2) is 24.3 Å². The van der Waals surface area contributed by atoms with Crippen molar-refractivity contribution >= 4 is 21.4 Å². The van der Waals surface area contributed by atoms with Gasteiger partial charge in [0.25, 0.3) is 0 Å². The predicted molar refractivity (Wildman–Crippen MR) is 97.8 cm³/mol. The number of methoxy groups -OCH3 is 1. The third-order valence-corrected chi connectivity index (χ3v) is 6.97. The molecule has 0 bridgehead atoms. The highest BCUT2D eigenvalue weighted by atomic mass is 32.2. The lowest BCUT2D eigenvalue weighted by atomic mass is 9.99. The van der Waals surface area contributed by atoms with Gasteiger partial charge in [-0.15, -0.1) is 0 Å². The van der Waals surface area contributed by atoms with E-state index >= 15 is 0 Å². The van der Waals surface area contributed by atoms with Crippen LogP contribution in [-0.4, -0.2) is 63.5 Å². The molecule has 2 heterocycles. The molecule has 0 aromatic heterocycles. The number of amides is 1. The first kappa shape index (κ1) is 18.0. The number of hydrogen-bond acceptors (Lipinski definition) is 5. The zero-order valence-electron chi connectivity index (χ0n) is 14.8. The Kier molecular flexibility index (Phi) is 5.22. The smallest absolute Gasteiger partial charge is 0.226 e. The number of benzene rings is 1. The zero-order valence-corrected chi connectivity index (χ0v) is 15.7. The van der Waals surface area contributed by atoms with E-state index in [0.29, 0.717) is 19.4 Å². The average molecular weight is 366 g/mol. The molecule has 2 aliphatic heterocycles. The van der Waals surface area contributed by atoms with Crippen LogP contribution in [0.3, 0.4) is 0 Å². The Morgan fingerprint density at radius 2 is 1.76 bits per heavy atom. The zero-order chi connectivity index (χ0) is 18.0. The number of piperazine rings is 1. The fourth-order valence-corrected chi connectivity index (χ4v) is 5.18. The molecule has 25 heavy (non-hydrogen) atoms. The summed E-state index contributed by atoms with van der Waals surface area (Å²) in [6.45, 7) is 4.30. The fraction of sp³-hybridized carbons (Fsp3) is 0.611. The van der Waals surface area contributed by atoms with Crippen LogP contribution in [0.4, 0.5) is 5.69 Å². The highest BCUT2D eigenvalue weighted by Crippen LogP contribution is 2.26. The van der Waals surface area contributed by atoms with Crippen LogP contribution in [0, 0.1) is 5.92 Å². The number of sulfone groups is 1. The van der Waals surface area contributed by atoms with Crippen molar-refractivity contribution in [3.05, 3.63) is 24.3 Å². The largest absolute Gasteiger partial charge is 0.497 e. The number of anilines is 1. The molecule has 3 rings (SSSR count). The number of carbonyl (C=O) groups is 1. The van der Waals surface area contributed by atoms with E-state index in [9.17, 15) is 13.2 Å². The Labute approximate surface area is 149 Å². The molecule has 1 aromatic carbocycles. The SMILES string of the molecule is COc1ccc(N2CCN(C(=O)C3CCS(=O)(=O)CC3)C(C)C2)cc1. The first-order chi connectivity index (χ1) is 11.9. The number of nitrogens with zero attached hydrogens (tertiary/aromatic N) is 2. The summed E-state index contributed by atoms with van der Waals surface area (Å²) < 4.78 is 28.3. The van der Waals surface area contributed by atoms with Gasteiger partial charge in [-0.25, -0.2) is 8.42 Å². The summed E-state index contributed by atoms with van der Waals surface area (Å²) in [4.78, 5) is 17.0. The molecule has 138 valence electrons. The van der Waals surface area contributed by atoms with Gasteiger partial charge in [0, 0.05) is 37.3 Å². The van der Waals surface area contributed by atoms with E-state index in [1.54, 1.807) is 7.11 Å². The normalized spacial score (nSPS) is 24.2. The van der Waals surface area contributed by atoms with Crippen LogP contribution in [0.1, 0.15) is 19.8 Å². The molecule has 1 amide bonds. The van der Waals surface area contributed by atoms with Crippen LogP contribution < -0.4 is 9.64 Å². The van der Waals surface area contributed by atoms with Gasteiger partial charge in [-0.05, 0) is 44.0 Å². The summed E-state index contributed by atoms with van der Waals surface area (Å²) >= 11 is 0. The number of rotatable bonds is 3. The quantitative estimate of drug-likeness (QED) is 0.812. The molecular formula is C18H26N2O4S. The van der Waals surface area contributed by atoms with Crippen molar-refractivity contribution in [2.75, 3.05) is 43.1 Å². The minimum absolute atomic E-state index is 0.113. The minimum Gasteiger partial charge on any atom is -0.497 e. The van der Waals surface area contributed by atoms with Crippen LogP contribution >= 0.6 is 0 Å². The molecule has 0 aliphatic carbocycles. The van der Waals surface area contributed by atoms with E-state index in [4.69, 9.17) is 4.74 Å². The molecule has 6 nitrogen and oxygen atoms in total. The van der Waals surface area contributed by atoms with Crippen LogP contribution in [-0.2, 0) is 14.6 Å². The van der Waals surface area contributed by atoms with Crippen molar-refractivity contribution < 1.29 is 17.9 Å². The highest BCUT2D eigenvalue weighted by molar-refractivity contribution is 7.91. The maximum absolute atomic E-state index is 12.8. The number of ether oxygens (including phenoxy) is 1. The van der Waals surface area contributed by atoms with E-state index in [2.05, 4.69) is 11.8 Å². The standard InChI is InChI=1S/C18H26N2O4S/c1-14-13-19(16-3-5-17(24-2)6-4-16)9-10-20(14)18(21)15-7-11-25(22,23)12-8-15/h3-6,14-15H,7-13H2,1-2H3. The molecule has 0 saturated carbocycles. The van der Waals surface area contributed by atoms with E-state index < -0.39 is 9.84 Å². The van der Waals surface area contributed by atoms with Gasteiger partial charge in [-0.3, -0.25) is 4.79 Å². The lowest BCUT2D eigenvalue weighted by molar-refractivity contribution is -0.138. The molecule has 0 radical (unpaired) electrons. The molecule has 0 spiro atoms. The van der Waals surface area contributed by atoms with Crippen molar-refractivity contribution in [3.63, 3.8) is 0 Å². The minimum atomic E-state index is -2.93. The lowest BCUT2D eigenvalue weighted by Crippen LogP contribution is -2.56. The molecule has 1 aromatic rings. The van der Waals surface area contributed by atoms with Gasteiger partial charge in [0.1, 0.15) is 15.6 Å². The van der Waals surface area contributed by atoms with Crippen molar-refractivity contribution in [1.29, 1.82) is 0 Å². The second-order valence-corrected chi connectivity index (χ2v) is 9.25. The monoisotopic (exact) mass is 366 g/mol. The lowest BCUT2D eigenvalue weighted by Gasteiger charge is -2.42. The first-order valence-corrected chi connectivity index (χ1v) is 10.6. The average Bonchev–Trinajstić information content (AvgIpc) is 2.61. The Bertz CT molecular complexity index is 703. The summed E-state index contributed by atoms with van der Waals surface area (Å²) in [5.41, 5.74) is 1.13. The van der Waals surface area contributed by atoms with Crippen LogP contribution in [0.5, 0.6) is 5.75 Å². The topological polar surface area (TPSA) is 66.9 Å². The van der Waals surface area contributed by atoms with E-state index in [1.165, 1.54) is 0 Å². The van der Waals surface area contributed by atoms with Gasteiger partial charge >= 0.3 is 0 Å². The summed E-state index contributed by atoms with van der Waals surface area (Å²) in [6.07, 6.45) is 0.930. The molecule has 1 atom stereocenters. The fourth-order valence-electron chi connectivity index (χ4n) is 3.68. The second-order valence-electron chi connectivity index (χ2n) is 6.95. The molecule has 2 aliphatic rings. The third kappa shape index (κ3) is 4.08. The van der Waals surface area contributed by atoms with Gasteiger partial charge < -0.3 is 14.5 Å². The summed E-state index contributed by atoms with van der Waals surface area (Å²) in [5, 5.41) is 0. The highest BCUT2D eigenvalue weighted by Gasteiger charge is 2.35. The third-order valence-electron chi connectivity index (χ3n) is 5.25. The molecule has 0 N–H and O–H groups in total. The van der Waals surface area contributed by atoms with Gasteiger partial charge in [0.05, 0.1) is 18.6 Å². The number of carbonyl (C=O) groups excluding carboxylic acids is 1. The molecule has 2 fully saturated rings. The summed E-state index contributed by atoms with van der Waals surface area (Å²) in [6, 6.07) is 8.08. The molecule has 2 saturated heterocycles.